The summed E-state index contributed by atoms with van der Waals surface area (Å²) in [4.78, 5) is 26.6. The van der Waals surface area contributed by atoms with Crippen molar-refractivity contribution in [3.05, 3.63) is 59.7 Å². The van der Waals surface area contributed by atoms with Gasteiger partial charge in [0.1, 0.15) is 11.5 Å². The standard InChI is InChI=1S/C22H25N3O4.ClH/c1-28-16-8-6-14(7-9-16)21-18-11-24-10-15(18)12-25(21)20(26)13-29-19-5-3-2-4-17(19)22(23)27;/h2-9,15,18,21,24H,10-13H2,1H3,(H2,23,27);1H/t15-,18-,21-;/m0./s1. The number of carbonyl (C=O) groups excluding carboxylic acids is 2. The molecule has 2 saturated heterocycles. The first-order chi connectivity index (χ1) is 14.1. The Morgan fingerprint density at radius 2 is 1.87 bits per heavy atom. The molecule has 3 atom stereocenters. The van der Waals surface area contributed by atoms with Gasteiger partial charge in [0, 0.05) is 25.6 Å². The Hall–Kier alpha value is -2.77. The molecule has 2 aromatic rings. The highest BCUT2D eigenvalue weighted by molar-refractivity contribution is 5.95. The molecule has 2 aliphatic heterocycles. The van der Waals surface area contributed by atoms with Gasteiger partial charge in [-0.15, -0.1) is 12.4 Å². The highest BCUT2D eigenvalue weighted by Gasteiger charge is 2.46. The Labute approximate surface area is 181 Å². The van der Waals surface area contributed by atoms with Gasteiger partial charge < -0.3 is 25.4 Å². The summed E-state index contributed by atoms with van der Waals surface area (Å²) in [7, 11) is 1.64. The lowest BCUT2D eigenvalue weighted by atomic mass is 9.89. The molecule has 0 radical (unpaired) electrons. The van der Waals surface area contributed by atoms with Gasteiger partial charge in [-0.05, 0) is 35.7 Å². The van der Waals surface area contributed by atoms with Crippen LogP contribution in [0.25, 0.3) is 0 Å². The van der Waals surface area contributed by atoms with Crippen molar-refractivity contribution in [1.29, 1.82) is 0 Å². The van der Waals surface area contributed by atoms with Gasteiger partial charge in [0.2, 0.25) is 0 Å². The number of rotatable bonds is 6. The number of methoxy groups -OCH3 is 1. The predicted octanol–water partition coefficient (Wildman–Crippen LogP) is 2.01. The second kappa shape index (κ2) is 9.36. The molecule has 2 fully saturated rings. The summed E-state index contributed by atoms with van der Waals surface area (Å²) in [6.45, 7) is 2.35. The average molecular weight is 432 g/mol. The van der Waals surface area contributed by atoms with E-state index in [1.807, 2.05) is 29.2 Å². The monoisotopic (exact) mass is 431 g/mol. The summed E-state index contributed by atoms with van der Waals surface area (Å²) < 4.78 is 10.9. The van der Waals surface area contributed by atoms with Gasteiger partial charge in [-0.25, -0.2) is 0 Å². The number of para-hydroxylation sites is 1. The molecule has 0 aromatic heterocycles. The molecule has 0 spiro atoms. The van der Waals surface area contributed by atoms with Gasteiger partial charge >= 0.3 is 0 Å². The number of nitrogens with zero attached hydrogens (tertiary/aromatic N) is 1. The van der Waals surface area contributed by atoms with Crippen molar-refractivity contribution >= 4 is 24.2 Å². The molecular weight excluding hydrogens is 406 g/mol. The first-order valence-corrected chi connectivity index (χ1v) is 9.74. The van der Waals surface area contributed by atoms with Gasteiger partial charge in [-0.2, -0.15) is 0 Å². The third-order valence-corrected chi connectivity index (χ3v) is 5.85. The highest BCUT2D eigenvalue weighted by Crippen LogP contribution is 2.43. The number of carbonyl (C=O) groups is 2. The molecule has 160 valence electrons. The fourth-order valence-corrected chi connectivity index (χ4v) is 4.42. The largest absolute Gasteiger partial charge is 0.497 e. The van der Waals surface area contributed by atoms with E-state index in [-0.39, 0.29) is 36.5 Å². The number of hydrogen-bond acceptors (Lipinski definition) is 5. The average Bonchev–Trinajstić information content (AvgIpc) is 3.33. The van der Waals surface area contributed by atoms with Crippen LogP contribution in [0.1, 0.15) is 22.0 Å². The quantitative estimate of drug-likeness (QED) is 0.729. The van der Waals surface area contributed by atoms with Gasteiger partial charge in [0.05, 0.1) is 18.7 Å². The Morgan fingerprint density at radius 1 is 1.13 bits per heavy atom. The number of halogens is 1. The third-order valence-electron chi connectivity index (χ3n) is 5.85. The zero-order valence-electron chi connectivity index (χ0n) is 16.7. The Kier molecular flexibility index (Phi) is 6.84. The van der Waals surface area contributed by atoms with E-state index in [1.54, 1.807) is 31.4 Å². The van der Waals surface area contributed by atoms with Crippen LogP contribution in [-0.2, 0) is 4.79 Å². The number of amides is 2. The maximum Gasteiger partial charge on any atom is 0.261 e. The van der Waals surface area contributed by atoms with Crippen LogP contribution in [0, 0.1) is 11.8 Å². The van der Waals surface area contributed by atoms with E-state index < -0.39 is 5.91 Å². The van der Waals surface area contributed by atoms with Crippen molar-refractivity contribution in [2.24, 2.45) is 17.6 Å². The first kappa shape index (κ1) is 21.9. The van der Waals surface area contributed by atoms with Gasteiger partial charge in [0.25, 0.3) is 11.8 Å². The van der Waals surface area contributed by atoms with Crippen molar-refractivity contribution in [2.75, 3.05) is 33.4 Å². The molecule has 7 nitrogen and oxygen atoms in total. The second-order valence-electron chi connectivity index (χ2n) is 7.50. The number of hydrogen-bond donors (Lipinski definition) is 2. The van der Waals surface area contributed by atoms with Crippen molar-refractivity contribution in [3.63, 3.8) is 0 Å². The molecular formula is C22H26ClN3O4. The van der Waals surface area contributed by atoms with E-state index in [1.165, 1.54) is 0 Å². The van der Waals surface area contributed by atoms with Gasteiger partial charge in [-0.1, -0.05) is 24.3 Å². The smallest absolute Gasteiger partial charge is 0.261 e. The van der Waals surface area contributed by atoms with E-state index in [0.717, 1.165) is 24.4 Å². The van der Waals surface area contributed by atoms with E-state index in [9.17, 15) is 9.59 Å². The zero-order chi connectivity index (χ0) is 20.4. The number of benzene rings is 2. The lowest BCUT2D eigenvalue weighted by Gasteiger charge is -2.28. The molecule has 30 heavy (non-hydrogen) atoms. The fourth-order valence-electron chi connectivity index (χ4n) is 4.42. The molecule has 2 aromatic carbocycles. The zero-order valence-corrected chi connectivity index (χ0v) is 17.6. The van der Waals surface area contributed by atoms with E-state index >= 15 is 0 Å². The molecule has 2 amide bonds. The fraction of sp³-hybridized carbons (Fsp3) is 0.364. The van der Waals surface area contributed by atoms with Crippen LogP contribution in [-0.4, -0.2) is 50.1 Å². The SMILES string of the molecule is COc1ccc([C@H]2[C@H]3CNC[C@H]3CN2C(=O)COc2ccccc2C(N)=O)cc1.Cl. The van der Waals surface area contributed by atoms with Gasteiger partial charge in [0.15, 0.2) is 6.61 Å². The normalized spacial score (nSPS) is 22.2. The maximum absolute atomic E-state index is 13.1. The summed E-state index contributed by atoms with van der Waals surface area (Å²) in [6.07, 6.45) is 0. The topological polar surface area (TPSA) is 93.9 Å². The third kappa shape index (κ3) is 4.22. The summed E-state index contributed by atoms with van der Waals surface area (Å²) in [5, 5.41) is 3.44. The number of nitrogens with two attached hydrogens (primary N) is 1. The van der Waals surface area contributed by atoms with E-state index in [0.29, 0.717) is 24.1 Å². The van der Waals surface area contributed by atoms with Crippen LogP contribution in [0.2, 0.25) is 0 Å². The Morgan fingerprint density at radius 3 is 2.57 bits per heavy atom. The number of nitrogens with one attached hydrogen (secondary N) is 1. The maximum atomic E-state index is 13.1. The molecule has 2 aliphatic rings. The minimum atomic E-state index is -0.578. The number of likely N-dealkylation sites (tertiary alicyclic amines) is 1. The van der Waals surface area contributed by atoms with Crippen LogP contribution < -0.4 is 20.5 Å². The molecule has 2 heterocycles. The molecule has 0 aliphatic carbocycles. The van der Waals surface area contributed by atoms with Crippen LogP contribution >= 0.6 is 12.4 Å². The molecule has 3 N–H and O–H groups in total. The molecule has 0 bridgehead atoms. The number of ether oxygens (including phenoxy) is 2. The number of primary amides is 1. The van der Waals surface area contributed by atoms with E-state index in [2.05, 4.69) is 5.32 Å². The Balaban J connectivity index is 0.00000256. The van der Waals surface area contributed by atoms with Crippen LogP contribution in [0.4, 0.5) is 0 Å². The second-order valence-corrected chi connectivity index (χ2v) is 7.50. The lowest BCUT2D eigenvalue weighted by Crippen LogP contribution is -2.37. The molecule has 0 saturated carbocycles. The Bertz CT molecular complexity index is 906. The summed E-state index contributed by atoms with van der Waals surface area (Å²) in [5.74, 6) is 1.23. The van der Waals surface area contributed by atoms with Crippen LogP contribution in [0.3, 0.4) is 0 Å². The minimum absolute atomic E-state index is 0. The predicted molar refractivity (Wildman–Crippen MR) is 115 cm³/mol. The lowest BCUT2D eigenvalue weighted by molar-refractivity contribution is -0.134. The van der Waals surface area contributed by atoms with Crippen molar-refractivity contribution in [1.82, 2.24) is 10.2 Å². The summed E-state index contributed by atoms with van der Waals surface area (Å²) >= 11 is 0. The van der Waals surface area contributed by atoms with Crippen LogP contribution in [0.15, 0.2) is 48.5 Å². The molecule has 8 heteroatoms. The molecule has 4 rings (SSSR count). The molecule has 0 unspecified atom stereocenters. The summed E-state index contributed by atoms with van der Waals surface area (Å²) in [6, 6.07) is 14.6. The first-order valence-electron chi connectivity index (χ1n) is 9.74. The van der Waals surface area contributed by atoms with E-state index in [4.69, 9.17) is 15.2 Å². The minimum Gasteiger partial charge on any atom is -0.497 e. The van der Waals surface area contributed by atoms with Crippen molar-refractivity contribution in [3.8, 4) is 11.5 Å². The number of fused-ring (bicyclic) bond motifs is 1. The van der Waals surface area contributed by atoms with Crippen molar-refractivity contribution in [2.45, 2.75) is 6.04 Å². The van der Waals surface area contributed by atoms with Crippen molar-refractivity contribution < 1.29 is 19.1 Å². The summed E-state index contributed by atoms with van der Waals surface area (Å²) in [5.41, 5.74) is 6.76. The van der Waals surface area contributed by atoms with Gasteiger partial charge in [-0.3, -0.25) is 9.59 Å². The highest BCUT2D eigenvalue weighted by atomic mass is 35.5. The van der Waals surface area contributed by atoms with Crippen LogP contribution in [0.5, 0.6) is 11.5 Å².